The molecule has 1 N–H and O–H groups in total. The van der Waals surface area contributed by atoms with Gasteiger partial charge in [-0.15, -0.1) is 0 Å². The molecular formula is C16H23F2N. The first kappa shape index (κ1) is 14.4. The SMILES string of the molecule is CC(C)C1(Cc2ccc(F)cc2F)CCCCCN1. The lowest BCUT2D eigenvalue weighted by molar-refractivity contribution is 0.224. The van der Waals surface area contributed by atoms with E-state index in [9.17, 15) is 8.78 Å². The van der Waals surface area contributed by atoms with Gasteiger partial charge in [-0.1, -0.05) is 32.8 Å². The Kier molecular flexibility index (Phi) is 4.56. The second-order valence-corrected chi connectivity index (χ2v) is 5.96. The summed E-state index contributed by atoms with van der Waals surface area (Å²) in [6.07, 6.45) is 5.28. The van der Waals surface area contributed by atoms with Crippen LogP contribution in [-0.2, 0) is 6.42 Å². The van der Waals surface area contributed by atoms with Gasteiger partial charge >= 0.3 is 0 Å². The summed E-state index contributed by atoms with van der Waals surface area (Å²) in [4.78, 5) is 0. The van der Waals surface area contributed by atoms with Crippen LogP contribution in [0.25, 0.3) is 0 Å². The van der Waals surface area contributed by atoms with Gasteiger partial charge in [-0.05, 0) is 43.4 Å². The van der Waals surface area contributed by atoms with E-state index >= 15 is 0 Å². The third-order valence-corrected chi connectivity index (χ3v) is 4.40. The van der Waals surface area contributed by atoms with Crippen LogP contribution in [0.3, 0.4) is 0 Å². The van der Waals surface area contributed by atoms with Crippen LogP contribution in [0.2, 0.25) is 0 Å². The summed E-state index contributed by atoms with van der Waals surface area (Å²) >= 11 is 0. The third kappa shape index (κ3) is 3.33. The fourth-order valence-corrected chi connectivity index (χ4v) is 3.02. The lowest BCUT2D eigenvalue weighted by Gasteiger charge is -2.38. The monoisotopic (exact) mass is 267 g/mol. The molecule has 1 aliphatic rings. The maximum Gasteiger partial charge on any atom is 0.129 e. The quantitative estimate of drug-likeness (QED) is 0.870. The maximum absolute atomic E-state index is 13.9. The third-order valence-electron chi connectivity index (χ3n) is 4.40. The second-order valence-electron chi connectivity index (χ2n) is 5.96. The smallest absolute Gasteiger partial charge is 0.129 e. The molecule has 19 heavy (non-hydrogen) atoms. The minimum absolute atomic E-state index is 0.0603. The molecule has 0 bridgehead atoms. The number of hydrogen-bond donors (Lipinski definition) is 1. The summed E-state index contributed by atoms with van der Waals surface area (Å²) in [6, 6.07) is 3.92. The van der Waals surface area contributed by atoms with Gasteiger partial charge in [0, 0.05) is 11.6 Å². The van der Waals surface area contributed by atoms with E-state index in [1.165, 1.54) is 25.3 Å². The Balaban J connectivity index is 2.24. The van der Waals surface area contributed by atoms with E-state index in [2.05, 4.69) is 19.2 Å². The van der Waals surface area contributed by atoms with E-state index in [-0.39, 0.29) is 5.54 Å². The molecule has 1 aromatic carbocycles. The van der Waals surface area contributed by atoms with Crippen LogP contribution in [0.15, 0.2) is 18.2 Å². The molecule has 0 amide bonds. The highest BCUT2D eigenvalue weighted by molar-refractivity contribution is 5.21. The minimum atomic E-state index is -0.506. The second kappa shape index (κ2) is 6.00. The summed E-state index contributed by atoms with van der Waals surface area (Å²) in [7, 11) is 0. The lowest BCUT2D eigenvalue weighted by Crippen LogP contribution is -2.51. The Morgan fingerprint density at radius 1 is 1.21 bits per heavy atom. The lowest BCUT2D eigenvalue weighted by atomic mass is 9.77. The number of nitrogens with one attached hydrogen (secondary N) is 1. The van der Waals surface area contributed by atoms with E-state index in [4.69, 9.17) is 0 Å². The van der Waals surface area contributed by atoms with Crippen molar-refractivity contribution in [1.82, 2.24) is 5.32 Å². The van der Waals surface area contributed by atoms with Gasteiger partial charge in [0.15, 0.2) is 0 Å². The maximum atomic E-state index is 13.9. The molecule has 0 aromatic heterocycles. The van der Waals surface area contributed by atoms with Crippen molar-refractivity contribution in [3.05, 3.63) is 35.4 Å². The molecule has 106 valence electrons. The number of rotatable bonds is 3. The van der Waals surface area contributed by atoms with E-state index < -0.39 is 11.6 Å². The average molecular weight is 267 g/mol. The van der Waals surface area contributed by atoms with Gasteiger partial charge in [-0.25, -0.2) is 8.78 Å². The molecular weight excluding hydrogens is 244 g/mol. The molecule has 1 aromatic rings. The van der Waals surface area contributed by atoms with Crippen molar-refractivity contribution in [1.29, 1.82) is 0 Å². The van der Waals surface area contributed by atoms with Crippen LogP contribution in [0.1, 0.15) is 45.1 Å². The Labute approximate surface area is 114 Å². The molecule has 2 rings (SSSR count). The largest absolute Gasteiger partial charge is 0.311 e. The highest BCUT2D eigenvalue weighted by Gasteiger charge is 2.34. The Bertz CT molecular complexity index is 421. The first-order valence-corrected chi connectivity index (χ1v) is 7.22. The van der Waals surface area contributed by atoms with Gasteiger partial charge in [-0.2, -0.15) is 0 Å². The molecule has 0 aliphatic carbocycles. The van der Waals surface area contributed by atoms with Crippen LogP contribution in [0.5, 0.6) is 0 Å². The Morgan fingerprint density at radius 2 is 2.00 bits per heavy atom. The molecule has 1 saturated heterocycles. The Hall–Kier alpha value is -0.960. The van der Waals surface area contributed by atoms with Crippen LogP contribution < -0.4 is 5.32 Å². The predicted octanol–water partition coefficient (Wildman–Crippen LogP) is 4.07. The van der Waals surface area contributed by atoms with Crippen molar-refractivity contribution in [2.75, 3.05) is 6.54 Å². The fourth-order valence-electron chi connectivity index (χ4n) is 3.02. The van der Waals surface area contributed by atoms with Gasteiger partial charge in [-0.3, -0.25) is 0 Å². The topological polar surface area (TPSA) is 12.0 Å². The number of halogens is 2. The zero-order valence-electron chi connectivity index (χ0n) is 11.8. The highest BCUT2D eigenvalue weighted by atomic mass is 19.1. The van der Waals surface area contributed by atoms with E-state index in [0.717, 1.165) is 19.0 Å². The standard InChI is InChI=1S/C16H23F2N/c1-12(2)16(8-4-3-5-9-19-16)11-13-6-7-14(17)10-15(13)18/h6-7,10,12,19H,3-5,8-9,11H2,1-2H3. The number of hydrogen-bond acceptors (Lipinski definition) is 1. The molecule has 1 unspecified atom stereocenters. The van der Waals surface area contributed by atoms with Crippen molar-refractivity contribution < 1.29 is 8.78 Å². The predicted molar refractivity (Wildman–Crippen MR) is 74.1 cm³/mol. The van der Waals surface area contributed by atoms with E-state index in [1.807, 2.05) is 0 Å². The minimum Gasteiger partial charge on any atom is -0.311 e. The van der Waals surface area contributed by atoms with Gasteiger partial charge < -0.3 is 5.32 Å². The van der Waals surface area contributed by atoms with Crippen molar-refractivity contribution >= 4 is 0 Å². The zero-order valence-corrected chi connectivity index (χ0v) is 11.8. The molecule has 1 fully saturated rings. The molecule has 1 aliphatic heterocycles. The summed E-state index contributed by atoms with van der Waals surface area (Å²) < 4.78 is 26.9. The first-order chi connectivity index (χ1) is 9.03. The van der Waals surface area contributed by atoms with Gasteiger partial charge in [0.05, 0.1) is 0 Å². The first-order valence-electron chi connectivity index (χ1n) is 7.22. The van der Waals surface area contributed by atoms with Crippen molar-refractivity contribution in [2.24, 2.45) is 5.92 Å². The fraction of sp³-hybridized carbons (Fsp3) is 0.625. The van der Waals surface area contributed by atoms with Gasteiger partial charge in [0.1, 0.15) is 11.6 Å². The molecule has 0 spiro atoms. The van der Waals surface area contributed by atoms with Crippen molar-refractivity contribution in [2.45, 2.75) is 51.5 Å². The van der Waals surface area contributed by atoms with Gasteiger partial charge in [0.25, 0.3) is 0 Å². The number of benzene rings is 1. The zero-order chi connectivity index (χ0) is 13.9. The molecule has 1 atom stereocenters. The molecule has 3 heteroatoms. The summed E-state index contributed by atoms with van der Waals surface area (Å²) in [5, 5.41) is 3.62. The van der Waals surface area contributed by atoms with Crippen LogP contribution in [0.4, 0.5) is 8.78 Å². The summed E-state index contributed by atoms with van der Waals surface area (Å²) in [6.45, 7) is 5.35. The highest BCUT2D eigenvalue weighted by Crippen LogP contribution is 2.31. The van der Waals surface area contributed by atoms with Crippen molar-refractivity contribution in [3.8, 4) is 0 Å². The normalized spacial score (nSPS) is 24.5. The average Bonchev–Trinajstić information content (AvgIpc) is 2.59. The van der Waals surface area contributed by atoms with Crippen LogP contribution in [-0.4, -0.2) is 12.1 Å². The van der Waals surface area contributed by atoms with Crippen LogP contribution >= 0.6 is 0 Å². The van der Waals surface area contributed by atoms with Crippen LogP contribution in [0, 0.1) is 17.6 Å². The molecule has 1 heterocycles. The van der Waals surface area contributed by atoms with Crippen molar-refractivity contribution in [3.63, 3.8) is 0 Å². The van der Waals surface area contributed by atoms with E-state index in [1.54, 1.807) is 6.07 Å². The molecule has 1 nitrogen and oxygen atoms in total. The Morgan fingerprint density at radius 3 is 2.68 bits per heavy atom. The molecule has 0 saturated carbocycles. The van der Waals surface area contributed by atoms with E-state index in [0.29, 0.717) is 17.9 Å². The molecule has 0 radical (unpaired) electrons. The van der Waals surface area contributed by atoms with Gasteiger partial charge in [0.2, 0.25) is 0 Å². The summed E-state index contributed by atoms with van der Waals surface area (Å²) in [5.41, 5.74) is 0.555. The summed E-state index contributed by atoms with van der Waals surface area (Å²) in [5.74, 6) is -0.505.